The van der Waals surface area contributed by atoms with Crippen molar-refractivity contribution in [3.63, 3.8) is 0 Å². The van der Waals surface area contributed by atoms with Crippen LogP contribution in [0.1, 0.15) is 46.1 Å². The van der Waals surface area contributed by atoms with Crippen LogP contribution in [0.5, 0.6) is 11.5 Å². The first-order chi connectivity index (χ1) is 12.2. The summed E-state index contributed by atoms with van der Waals surface area (Å²) < 4.78 is 10.7. The molecule has 6 heteroatoms. The molecule has 0 heterocycles. The number of amides is 2. The Hall–Kier alpha value is -2.24. The second kappa shape index (κ2) is 7.98. The Balaban J connectivity index is 2.16. The lowest BCUT2D eigenvalue weighted by molar-refractivity contribution is -0.139. The Morgan fingerprint density at radius 1 is 1.23 bits per heavy atom. The molecular weight excluding hydrogens is 332 g/mol. The fraction of sp³-hybridized carbons (Fsp3) is 0.600. The van der Waals surface area contributed by atoms with E-state index in [1.54, 1.807) is 21.1 Å². The van der Waals surface area contributed by atoms with Crippen LogP contribution >= 0.6 is 0 Å². The van der Waals surface area contributed by atoms with Crippen molar-refractivity contribution in [1.29, 1.82) is 0 Å². The van der Waals surface area contributed by atoms with Gasteiger partial charge in [-0.25, -0.2) is 0 Å². The number of nitrogens with zero attached hydrogens (tertiary/aromatic N) is 1. The normalized spacial score (nSPS) is 15.2. The molecule has 1 fully saturated rings. The number of carbonyl (C=O) groups excluding carboxylic acids is 2. The summed E-state index contributed by atoms with van der Waals surface area (Å²) in [5, 5.41) is 2.83. The van der Waals surface area contributed by atoms with Crippen LogP contribution in [-0.4, -0.2) is 43.0 Å². The number of benzene rings is 1. The standard InChI is InChI=1S/C20H30N2O4/c1-13(21-19(24)20(2,3)4)18(23)22(15-7-8-15)12-14-11-16(25-5)9-10-17(14)26-6/h9-11,13,15H,7-8,12H2,1-6H3,(H,21,24). The summed E-state index contributed by atoms with van der Waals surface area (Å²) in [6.07, 6.45) is 1.97. The molecular formula is C20H30N2O4. The predicted octanol–water partition coefficient (Wildman–Crippen LogP) is 2.75. The van der Waals surface area contributed by atoms with E-state index in [1.807, 2.05) is 43.9 Å². The van der Waals surface area contributed by atoms with Gasteiger partial charge >= 0.3 is 0 Å². The highest BCUT2D eigenvalue weighted by atomic mass is 16.5. The van der Waals surface area contributed by atoms with E-state index in [-0.39, 0.29) is 17.9 Å². The highest BCUT2D eigenvalue weighted by Crippen LogP contribution is 2.32. The molecule has 1 N–H and O–H groups in total. The van der Waals surface area contributed by atoms with Crippen LogP contribution in [-0.2, 0) is 16.1 Å². The molecule has 1 atom stereocenters. The van der Waals surface area contributed by atoms with Gasteiger partial charge in [-0.1, -0.05) is 20.8 Å². The van der Waals surface area contributed by atoms with E-state index in [0.29, 0.717) is 6.54 Å². The van der Waals surface area contributed by atoms with Crippen LogP contribution in [0, 0.1) is 5.41 Å². The molecule has 2 rings (SSSR count). The molecule has 1 unspecified atom stereocenters. The third-order valence-electron chi connectivity index (χ3n) is 4.50. The van der Waals surface area contributed by atoms with Gasteiger partial charge in [0.25, 0.3) is 0 Å². The molecule has 144 valence electrons. The van der Waals surface area contributed by atoms with Gasteiger partial charge in [0.1, 0.15) is 17.5 Å². The molecule has 2 amide bonds. The quantitative estimate of drug-likeness (QED) is 0.810. The van der Waals surface area contributed by atoms with Gasteiger partial charge in [0.15, 0.2) is 0 Å². The molecule has 0 spiro atoms. The SMILES string of the molecule is COc1ccc(OC)c(CN(C(=O)C(C)NC(=O)C(C)(C)C)C2CC2)c1. The van der Waals surface area contributed by atoms with Gasteiger partial charge in [-0.3, -0.25) is 9.59 Å². The summed E-state index contributed by atoms with van der Waals surface area (Å²) in [6.45, 7) is 7.67. The highest BCUT2D eigenvalue weighted by molar-refractivity contribution is 5.89. The minimum absolute atomic E-state index is 0.0741. The summed E-state index contributed by atoms with van der Waals surface area (Å²) in [5.41, 5.74) is 0.357. The molecule has 0 bridgehead atoms. The van der Waals surface area contributed by atoms with Gasteiger partial charge in [-0.2, -0.15) is 0 Å². The number of carbonyl (C=O) groups is 2. The monoisotopic (exact) mass is 362 g/mol. The number of rotatable bonds is 7. The number of hydrogen-bond acceptors (Lipinski definition) is 4. The largest absolute Gasteiger partial charge is 0.497 e. The van der Waals surface area contributed by atoms with Crippen molar-refractivity contribution in [3.8, 4) is 11.5 Å². The Labute approximate surface area is 155 Å². The second-order valence-corrected chi connectivity index (χ2v) is 7.82. The van der Waals surface area contributed by atoms with Crippen LogP contribution in [0.4, 0.5) is 0 Å². The Morgan fingerprint density at radius 3 is 2.38 bits per heavy atom. The average Bonchev–Trinajstić information content (AvgIpc) is 3.42. The van der Waals surface area contributed by atoms with E-state index in [9.17, 15) is 9.59 Å². The molecule has 1 aromatic carbocycles. The zero-order chi connectivity index (χ0) is 19.5. The Morgan fingerprint density at radius 2 is 1.88 bits per heavy atom. The first-order valence-corrected chi connectivity index (χ1v) is 8.99. The van der Waals surface area contributed by atoms with Gasteiger partial charge in [-0.05, 0) is 38.0 Å². The van der Waals surface area contributed by atoms with Gasteiger partial charge in [0, 0.05) is 23.6 Å². The van der Waals surface area contributed by atoms with Crippen LogP contribution in [0.15, 0.2) is 18.2 Å². The molecule has 0 aromatic heterocycles. The first kappa shape index (κ1) is 20.1. The fourth-order valence-corrected chi connectivity index (χ4v) is 2.69. The molecule has 1 aliphatic rings. The fourth-order valence-electron chi connectivity index (χ4n) is 2.69. The third kappa shape index (κ3) is 4.90. The highest BCUT2D eigenvalue weighted by Gasteiger charge is 2.36. The van der Waals surface area contributed by atoms with E-state index in [0.717, 1.165) is 29.9 Å². The summed E-state index contributed by atoms with van der Waals surface area (Å²) in [6, 6.07) is 5.21. The predicted molar refractivity (Wildman–Crippen MR) is 100 cm³/mol. The number of ether oxygens (including phenoxy) is 2. The zero-order valence-electron chi connectivity index (χ0n) is 16.6. The maximum absolute atomic E-state index is 13.0. The minimum atomic E-state index is -0.570. The van der Waals surface area contributed by atoms with Crippen molar-refractivity contribution in [2.24, 2.45) is 5.41 Å². The maximum atomic E-state index is 13.0. The minimum Gasteiger partial charge on any atom is -0.497 e. The number of nitrogens with one attached hydrogen (secondary N) is 1. The van der Waals surface area contributed by atoms with E-state index in [2.05, 4.69) is 5.32 Å². The van der Waals surface area contributed by atoms with Crippen molar-refractivity contribution < 1.29 is 19.1 Å². The average molecular weight is 362 g/mol. The van der Waals surface area contributed by atoms with Crippen LogP contribution < -0.4 is 14.8 Å². The van der Waals surface area contributed by atoms with E-state index in [1.165, 1.54) is 0 Å². The van der Waals surface area contributed by atoms with Crippen molar-refractivity contribution >= 4 is 11.8 Å². The van der Waals surface area contributed by atoms with E-state index >= 15 is 0 Å². The molecule has 1 aliphatic carbocycles. The van der Waals surface area contributed by atoms with Crippen LogP contribution in [0.25, 0.3) is 0 Å². The Bertz CT molecular complexity index is 662. The number of hydrogen-bond donors (Lipinski definition) is 1. The van der Waals surface area contributed by atoms with Crippen LogP contribution in [0.2, 0.25) is 0 Å². The summed E-state index contributed by atoms with van der Waals surface area (Å²) >= 11 is 0. The van der Waals surface area contributed by atoms with E-state index < -0.39 is 11.5 Å². The summed E-state index contributed by atoms with van der Waals surface area (Å²) in [5.74, 6) is 1.23. The molecule has 1 saturated carbocycles. The van der Waals surface area contributed by atoms with Crippen molar-refractivity contribution in [2.45, 2.75) is 59.2 Å². The molecule has 0 saturated heterocycles. The molecule has 6 nitrogen and oxygen atoms in total. The zero-order valence-corrected chi connectivity index (χ0v) is 16.6. The first-order valence-electron chi connectivity index (χ1n) is 8.99. The maximum Gasteiger partial charge on any atom is 0.245 e. The van der Waals surface area contributed by atoms with Gasteiger partial charge in [0.05, 0.1) is 14.2 Å². The molecule has 26 heavy (non-hydrogen) atoms. The smallest absolute Gasteiger partial charge is 0.245 e. The second-order valence-electron chi connectivity index (χ2n) is 7.82. The van der Waals surface area contributed by atoms with Gasteiger partial charge in [-0.15, -0.1) is 0 Å². The van der Waals surface area contributed by atoms with Gasteiger partial charge in [0.2, 0.25) is 11.8 Å². The summed E-state index contributed by atoms with van der Waals surface area (Å²) in [4.78, 5) is 27.0. The molecule has 0 aliphatic heterocycles. The Kier molecular flexibility index (Phi) is 6.16. The lowest BCUT2D eigenvalue weighted by Crippen LogP contribution is -2.50. The van der Waals surface area contributed by atoms with Crippen molar-refractivity contribution in [1.82, 2.24) is 10.2 Å². The lowest BCUT2D eigenvalue weighted by atomic mass is 9.95. The summed E-state index contributed by atoms with van der Waals surface area (Å²) in [7, 11) is 3.22. The number of methoxy groups -OCH3 is 2. The van der Waals surface area contributed by atoms with Crippen molar-refractivity contribution in [3.05, 3.63) is 23.8 Å². The molecule has 0 radical (unpaired) electrons. The third-order valence-corrected chi connectivity index (χ3v) is 4.50. The van der Waals surface area contributed by atoms with Crippen molar-refractivity contribution in [2.75, 3.05) is 14.2 Å². The molecule has 1 aromatic rings. The van der Waals surface area contributed by atoms with Crippen LogP contribution in [0.3, 0.4) is 0 Å². The van der Waals surface area contributed by atoms with E-state index in [4.69, 9.17) is 9.47 Å². The van der Waals surface area contributed by atoms with Gasteiger partial charge < -0.3 is 19.7 Å². The topological polar surface area (TPSA) is 67.9 Å². The lowest BCUT2D eigenvalue weighted by Gasteiger charge is -2.28.